The first-order chi connectivity index (χ1) is 6.77. The highest BCUT2D eigenvalue weighted by molar-refractivity contribution is 6.60. The predicted molar refractivity (Wildman–Crippen MR) is 51.3 cm³/mol. The van der Waals surface area contributed by atoms with Crippen LogP contribution in [0.2, 0.25) is 0 Å². The molecule has 82 valence electrons. The number of ketones is 1. The zero-order valence-corrected chi connectivity index (χ0v) is 8.70. The van der Waals surface area contributed by atoms with Crippen LogP contribution in [0, 0.1) is 0 Å². The molecule has 1 aromatic rings. The molecular weight excluding hydrogens is 252 g/mol. The van der Waals surface area contributed by atoms with Gasteiger partial charge in [0.1, 0.15) is 0 Å². The van der Waals surface area contributed by atoms with E-state index in [0.29, 0.717) is 0 Å². The molecule has 0 N–H and O–H groups in total. The Labute approximate surface area is 93.8 Å². The maximum atomic E-state index is 12.3. The zero-order chi connectivity index (χ0) is 11.7. The molecule has 0 amide bonds. The second-order valence-electron chi connectivity index (χ2n) is 2.77. The van der Waals surface area contributed by atoms with Gasteiger partial charge in [-0.2, -0.15) is 13.2 Å². The van der Waals surface area contributed by atoms with Crippen LogP contribution in [0.15, 0.2) is 30.3 Å². The van der Waals surface area contributed by atoms with Crippen LogP contribution in [-0.4, -0.2) is 16.3 Å². The van der Waals surface area contributed by atoms with Crippen LogP contribution in [0.1, 0.15) is 10.4 Å². The number of Topliss-reactive ketones (excluding diaryl/α,β-unsaturated/α-hetero) is 1. The molecule has 0 aromatic heterocycles. The topological polar surface area (TPSA) is 17.1 Å². The van der Waals surface area contributed by atoms with Gasteiger partial charge in [0.05, 0.1) is 0 Å². The minimum Gasteiger partial charge on any atom is -0.290 e. The molecule has 0 spiro atoms. The number of carbonyl (C=O) groups is 1. The van der Waals surface area contributed by atoms with Crippen molar-refractivity contribution in [2.24, 2.45) is 0 Å². The number of carbonyl (C=O) groups excluding carboxylic acids is 1. The highest BCUT2D eigenvalue weighted by Gasteiger charge is 2.58. The summed E-state index contributed by atoms with van der Waals surface area (Å²) in [6.07, 6.45) is -5.00. The first-order valence-electron chi connectivity index (χ1n) is 3.81. The van der Waals surface area contributed by atoms with E-state index >= 15 is 0 Å². The van der Waals surface area contributed by atoms with Crippen LogP contribution < -0.4 is 0 Å². The molecule has 0 saturated heterocycles. The Kier molecular flexibility index (Phi) is 3.31. The molecule has 0 aliphatic carbocycles. The van der Waals surface area contributed by atoms with Crippen LogP contribution >= 0.6 is 23.2 Å². The van der Waals surface area contributed by atoms with Gasteiger partial charge in [-0.25, -0.2) is 0 Å². The summed E-state index contributed by atoms with van der Waals surface area (Å²) < 4.78 is 33.5. The van der Waals surface area contributed by atoms with Gasteiger partial charge in [-0.3, -0.25) is 4.79 Å². The third-order valence-electron chi connectivity index (χ3n) is 1.68. The monoisotopic (exact) mass is 256 g/mol. The van der Waals surface area contributed by atoms with Crippen molar-refractivity contribution < 1.29 is 18.0 Å². The predicted octanol–water partition coefficient (Wildman–Crippen LogP) is 3.61. The minimum atomic E-state index is -5.00. The lowest BCUT2D eigenvalue weighted by Gasteiger charge is -2.21. The van der Waals surface area contributed by atoms with Gasteiger partial charge in [0.2, 0.25) is 5.78 Å². The quantitative estimate of drug-likeness (QED) is 0.584. The van der Waals surface area contributed by atoms with Gasteiger partial charge in [-0.05, 0) is 0 Å². The fraction of sp³-hybridized carbons (Fsp3) is 0.222. The van der Waals surface area contributed by atoms with Crippen LogP contribution in [0.5, 0.6) is 0 Å². The van der Waals surface area contributed by atoms with E-state index in [9.17, 15) is 18.0 Å². The lowest BCUT2D eigenvalue weighted by Crippen LogP contribution is -2.41. The number of hydrogen-bond acceptors (Lipinski definition) is 1. The number of rotatable bonds is 2. The maximum absolute atomic E-state index is 12.3. The third-order valence-corrected chi connectivity index (χ3v) is 2.45. The smallest absolute Gasteiger partial charge is 0.290 e. The molecule has 0 aliphatic heterocycles. The zero-order valence-electron chi connectivity index (χ0n) is 7.18. The number of benzene rings is 1. The summed E-state index contributed by atoms with van der Waals surface area (Å²) in [5, 5.41) is 0. The first-order valence-corrected chi connectivity index (χ1v) is 4.57. The molecule has 1 nitrogen and oxygen atoms in total. The van der Waals surface area contributed by atoms with Crippen molar-refractivity contribution in [3.8, 4) is 0 Å². The number of hydrogen-bond donors (Lipinski definition) is 0. The molecule has 0 saturated carbocycles. The molecule has 0 heterocycles. The van der Waals surface area contributed by atoms with Gasteiger partial charge in [-0.1, -0.05) is 53.5 Å². The Bertz CT molecular complexity index is 359. The summed E-state index contributed by atoms with van der Waals surface area (Å²) in [5.41, 5.74) is -0.181. The summed E-state index contributed by atoms with van der Waals surface area (Å²) >= 11 is 9.98. The van der Waals surface area contributed by atoms with Crippen molar-refractivity contribution in [1.29, 1.82) is 0 Å². The van der Waals surface area contributed by atoms with Crippen molar-refractivity contribution in [2.75, 3.05) is 0 Å². The normalized spacial score (nSPS) is 12.6. The summed E-state index contributed by atoms with van der Waals surface area (Å²) in [5.74, 6) is -1.38. The standard InChI is InChI=1S/C9H5Cl2F3O/c10-8(11,9(12,13)14)7(15)6-4-2-1-3-5-6/h1-5H. The van der Waals surface area contributed by atoms with Gasteiger partial charge >= 0.3 is 6.18 Å². The largest absolute Gasteiger partial charge is 0.429 e. The molecular formula is C9H5Cl2F3O. The van der Waals surface area contributed by atoms with E-state index < -0.39 is 16.3 Å². The Hall–Kier alpha value is -0.740. The molecule has 15 heavy (non-hydrogen) atoms. The molecule has 1 aromatic carbocycles. The average Bonchev–Trinajstić information content (AvgIpc) is 2.16. The summed E-state index contributed by atoms with van der Waals surface area (Å²) in [4.78, 5) is 11.3. The van der Waals surface area contributed by atoms with Crippen LogP contribution in [0.3, 0.4) is 0 Å². The van der Waals surface area contributed by atoms with E-state index in [1.807, 2.05) is 0 Å². The highest BCUT2D eigenvalue weighted by Crippen LogP contribution is 2.42. The third kappa shape index (κ3) is 2.44. The van der Waals surface area contributed by atoms with Gasteiger partial charge in [0, 0.05) is 5.56 Å². The van der Waals surface area contributed by atoms with E-state index in [2.05, 4.69) is 0 Å². The van der Waals surface area contributed by atoms with Gasteiger partial charge in [0.15, 0.2) is 0 Å². The molecule has 6 heteroatoms. The molecule has 0 fully saturated rings. The van der Waals surface area contributed by atoms with Crippen molar-refractivity contribution in [1.82, 2.24) is 0 Å². The fourth-order valence-electron chi connectivity index (χ4n) is 0.900. The second-order valence-corrected chi connectivity index (χ2v) is 4.09. The van der Waals surface area contributed by atoms with E-state index in [4.69, 9.17) is 23.2 Å². The van der Waals surface area contributed by atoms with Gasteiger partial charge in [-0.15, -0.1) is 0 Å². The van der Waals surface area contributed by atoms with Gasteiger partial charge < -0.3 is 0 Å². The van der Waals surface area contributed by atoms with Crippen LogP contribution in [0.25, 0.3) is 0 Å². The van der Waals surface area contributed by atoms with Crippen molar-refractivity contribution in [3.05, 3.63) is 35.9 Å². The molecule has 0 unspecified atom stereocenters. The summed E-state index contributed by atoms with van der Waals surface area (Å²) in [6, 6.07) is 6.84. The number of halogens is 5. The maximum Gasteiger partial charge on any atom is 0.429 e. The lowest BCUT2D eigenvalue weighted by molar-refractivity contribution is -0.131. The lowest BCUT2D eigenvalue weighted by atomic mass is 10.1. The Morgan fingerprint density at radius 1 is 1.07 bits per heavy atom. The molecule has 1 rings (SSSR count). The van der Waals surface area contributed by atoms with E-state index in [0.717, 1.165) is 0 Å². The average molecular weight is 257 g/mol. The van der Waals surface area contributed by atoms with Crippen molar-refractivity contribution in [3.63, 3.8) is 0 Å². The van der Waals surface area contributed by atoms with Gasteiger partial charge in [0.25, 0.3) is 4.33 Å². The molecule has 0 bridgehead atoms. The highest BCUT2D eigenvalue weighted by atomic mass is 35.5. The first kappa shape index (κ1) is 12.3. The Balaban J connectivity index is 3.06. The molecule has 0 atom stereocenters. The van der Waals surface area contributed by atoms with Crippen LogP contribution in [-0.2, 0) is 0 Å². The molecule has 0 radical (unpaired) electrons. The summed E-state index contributed by atoms with van der Waals surface area (Å²) in [7, 11) is 0. The summed E-state index contributed by atoms with van der Waals surface area (Å²) in [6.45, 7) is 0. The molecule has 0 aliphatic rings. The van der Waals surface area contributed by atoms with E-state index in [-0.39, 0.29) is 5.56 Å². The minimum absolute atomic E-state index is 0.181. The second kappa shape index (κ2) is 4.02. The Morgan fingerprint density at radius 2 is 1.53 bits per heavy atom. The Morgan fingerprint density at radius 3 is 1.93 bits per heavy atom. The van der Waals surface area contributed by atoms with Crippen molar-refractivity contribution in [2.45, 2.75) is 10.5 Å². The van der Waals surface area contributed by atoms with Crippen molar-refractivity contribution >= 4 is 29.0 Å². The SMILES string of the molecule is O=C(c1ccccc1)C(Cl)(Cl)C(F)(F)F. The van der Waals surface area contributed by atoms with Crippen LogP contribution in [0.4, 0.5) is 13.2 Å². The van der Waals surface area contributed by atoms with E-state index in [1.54, 1.807) is 6.07 Å². The number of alkyl halides is 5. The van der Waals surface area contributed by atoms with E-state index in [1.165, 1.54) is 24.3 Å². The fourth-order valence-corrected chi connectivity index (χ4v) is 1.12.